The second-order valence-electron chi connectivity index (χ2n) is 3.71. The van der Waals surface area contributed by atoms with Crippen LogP contribution in [-0.4, -0.2) is 32.5 Å². The highest BCUT2D eigenvalue weighted by molar-refractivity contribution is 7.98. The van der Waals surface area contributed by atoms with E-state index in [1.165, 1.54) is 22.4 Å². The van der Waals surface area contributed by atoms with Crippen LogP contribution in [0.5, 0.6) is 0 Å². The minimum absolute atomic E-state index is 0.0996. The van der Waals surface area contributed by atoms with Crippen molar-refractivity contribution in [3.63, 3.8) is 0 Å². The van der Waals surface area contributed by atoms with Crippen molar-refractivity contribution in [2.45, 2.75) is 18.1 Å². The third-order valence-electron chi connectivity index (χ3n) is 2.53. The minimum atomic E-state index is -0.296. The Kier molecular flexibility index (Phi) is 3.44. The molecule has 0 aliphatic carbocycles. The van der Waals surface area contributed by atoms with E-state index >= 15 is 0 Å². The molecule has 5 nitrogen and oxygen atoms in total. The quantitative estimate of drug-likeness (QED) is 0.652. The maximum atomic E-state index is 11.8. The highest BCUT2D eigenvalue weighted by Crippen LogP contribution is 2.16. The Labute approximate surface area is 103 Å². The van der Waals surface area contributed by atoms with E-state index in [1.54, 1.807) is 19.2 Å². The van der Waals surface area contributed by atoms with Gasteiger partial charge in [0.15, 0.2) is 5.16 Å². The fourth-order valence-corrected chi connectivity index (χ4v) is 1.96. The molecule has 1 atom stereocenters. The van der Waals surface area contributed by atoms with Gasteiger partial charge in [-0.15, -0.1) is 0 Å². The highest BCUT2D eigenvalue weighted by atomic mass is 32.2. The van der Waals surface area contributed by atoms with Crippen LogP contribution >= 0.6 is 11.8 Å². The van der Waals surface area contributed by atoms with Gasteiger partial charge in [-0.3, -0.25) is 9.36 Å². The lowest BCUT2D eigenvalue weighted by Crippen LogP contribution is -2.25. The molecular formula is C11H13N3O2S. The summed E-state index contributed by atoms with van der Waals surface area (Å²) in [5.74, 6) is 0. The van der Waals surface area contributed by atoms with Gasteiger partial charge >= 0.3 is 0 Å². The van der Waals surface area contributed by atoms with Gasteiger partial charge in [-0.1, -0.05) is 11.8 Å². The van der Waals surface area contributed by atoms with Gasteiger partial charge in [0.1, 0.15) is 5.65 Å². The Balaban J connectivity index is 2.77. The van der Waals surface area contributed by atoms with Crippen molar-refractivity contribution >= 4 is 22.8 Å². The number of hydrogen-bond acceptors (Lipinski definition) is 5. The summed E-state index contributed by atoms with van der Waals surface area (Å²) in [7, 11) is 0. The fraction of sp³-hybridized carbons (Fsp3) is 0.364. The molecule has 0 saturated heterocycles. The lowest BCUT2D eigenvalue weighted by molar-refractivity contribution is 0.238. The molecule has 6 heteroatoms. The second-order valence-corrected chi connectivity index (χ2v) is 4.48. The van der Waals surface area contributed by atoms with Gasteiger partial charge in [-0.05, 0) is 19.2 Å². The number of aromatic nitrogens is 3. The van der Waals surface area contributed by atoms with Gasteiger partial charge in [-0.2, -0.15) is 0 Å². The Morgan fingerprint density at radius 2 is 2.29 bits per heavy atom. The van der Waals surface area contributed by atoms with Gasteiger partial charge < -0.3 is 5.11 Å². The predicted molar refractivity (Wildman–Crippen MR) is 67.4 cm³/mol. The topological polar surface area (TPSA) is 68.0 Å². The van der Waals surface area contributed by atoms with Crippen LogP contribution in [-0.2, 0) is 0 Å². The monoisotopic (exact) mass is 251 g/mol. The number of nitrogens with zero attached hydrogens (tertiary/aromatic N) is 3. The van der Waals surface area contributed by atoms with Crippen molar-refractivity contribution in [1.29, 1.82) is 0 Å². The maximum absolute atomic E-state index is 11.8. The first-order valence-corrected chi connectivity index (χ1v) is 6.43. The summed E-state index contributed by atoms with van der Waals surface area (Å²) in [5.41, 5.74) is 0.406. The average molecular weight is 251 g/mol. The fourth-order valence-electron chi connectivity index (χ4n) is 1.63. The molecule has 0 radical (unpaired) electrons. The Morgan fingerprint density at radius 1 is 1.53 bits per heavy atom. The van der Waals surface area contributed by atoms with Crippen LogP contribution < -0.4 is 5.56 Å². The van der Waals surface area contributed by atoms with Crippen molar-refractivity contribution in [2.24, 2.45) is 0 Å². The van der Waals surface area contributed by atoms with Gasteiger partial charge in [0.05, 0.1) is 12.6 Å². The van der Waals surface area contributed by atoms with Crippen molar-refractivity contribution in [3.8, 4) is 0 Å². The van der Waals surface area contributed by atoms with Crippen LogP contribution in [0, 0.1) is 0 Å². The smallest absolute Gasteiger partial charge is 0.252 e. The first-order chi connectivity index (χ1) is 8.17. The number of aliphatic hydroxyl groups excluding tert-OH is 1. The van der Waals surface area contributed by atoms with Crippen LogP contribution in [0.3, 0.4) is 0 Å². The van der Waals surface area contributed by atoms with Crippen LogP contribution in [0.15, 0.2) is 28.3 Å². The van der Waals surface area contributed by atoms with E-state index in [1.807, 2.05) is 6.26 Å². The lowest BCUT2D eigenvalue weighted by Gasteiger charge is -2.14. The zero-order valence-electron chi connectivity index (χ0n) is 9.62. The SMILES string of the molecule is CSc1ncc2ccc(=O)n([C@@H](C)CO)c2n1. The van der Waals surface area contributed by atoms with E-state index in [0.717, 1.165) is 5.39 Å². The van der Waals surface area contributed by atoms with Gasteiger partial charge in [0.25, 0.3) is 5.56 Å². The Hall–Kier alpha value is -1.40. The molecule has 2 aromatic rings. The number of hydrogen-bond donors (Lipinski definition) is 1. The zero-order chi connectivity index (χ0) is 12.4. The third kappa shape index (κ3) is 2.18. The molecule has 0 fully saturated rings. The second kappa shape index (κ2) is 4.85. The largest absolute Gasteiger partial charge is 0.394 e. The molecule has 2 heterocycles. The molecule has 0 unspecified atom stereocenters. The highest BCUT2D eigenvalue weighted by Gasteiger charge is 2.11. The molecule has 0 amide bonds. The van der Waals surface area contributed by atoms with Crippen molar-refractivity contribution < 1.29 is 5.11 Å². The summed E-state index contributed by atoms with van der Waals surface area (Å²) < 4.78 is 1.50. The molecule has 2 rings (SSSR count). The summed E-state index contributed by atoms with van der Waals surface area (Å²) in [4.78, 5) is 20.3. The van der Waals surface area contributed by atoms with E-state index in [2.05, 4.69) is 9.97 Å². The van der Waals surface area contributed by atoms with Crippen LogP contribution in [0.2, 0.25) is 0 Å². The van der Waals surface area contributed by atoms with Crippen molar-refractivity contribution in [3.05, 3.63) is 28.7 Å². The van der Waals surface area contributed by atoms with E-state index in [4.69, 9.17) is 0 Å². The molecule has 90 valence electrons. The Morgan fingerprint density at radius 3 is 2.94 bits per heavy atom. The summed E-state index contributed by atoms with van der Waals surface area (Å²) in [6.45, 7) is 1.68. The lowest BCUT2D eigenvalue weighted by atomic mass is 10.3. The first kappa shape index (κ1) is 12.1. The first-order valence-electron chi connectivity index (χ1n) is 5.20. The number of fused-ring (bicyclic) bond motifs is 1. The average Bonchev–Trinajstić information content (AvgIpc) is 2.37. The molecule has 0 aliphatic heterocycles. The Bertz CT molecular complexity index is 597. The van der Waals surface area contributed by atoms with E-state index in [-0.39, 0.29) is 18.2 Å². The summed E-state index contributed by atoms with van der Waals surface area (Å²) in [6, 6.07) is 2.87. The molecular weight excluding hydrogens is 238 g/mol. The number of pyridine rings is 1. The van der Waals surface area contributed by atoms with Crippen molar-refractivity contribution in [1.82, 2.24) is 14.5 Å². The predicted octanol–water partition coefficient (Wildman–Crippen LogP) is 1.07. The van der Waals surface area contributed by atoms with Crippen LogP contribution in [0.1, 0.15) is 13.0 Å². The van der Waals surface area contributed by atoms with Gasteiger partial charge in [0.2, 0.25) is 0 Å². The molecule has 1 N–H and O–H groups in total. The number of thioether (sulfide) groups is 1. The van der Waals surface area contributed by atoms with Crippen LogP contribution in [0.4, 0.5) is 0 Å². The summed E-state index contributed by atoms with van der Waals surface area (Å²) >= 11 is 1.42. The minimum Gasteiger partial charge on any atom is -0.394 e. The van der Waals surface area contributed by atoms with E-state index in [9.17, 15) is 9.90 Å². The standard InChI is InChI=1S/C11H13N3O2S/c1-7(6-15)14-9(16)4-3-8-5-12-11(17-2)13-10(8)14/h3-5,7,15H,6H2,1-2H3/t7-/m0/s1. The molecule has 17 heavy (non-hydrogen) atoms. The number of rotatable bonds is 3. The van der Waals surface area contributed by atoms with Crippen molar-refractivity contribution in [2.75, 3.05) is 12.9 Å². The van der Waals surface area contributed by atoms with Gasteiger partial charge in [0, 0.05) is 17.6 Å². The zero-order valence-corrected chi connectivity index (χ0v) is 10.4. The molecule has 0 aliphatic rings. The van der Waals surface area contributed by atoms with E-state index < -0.39 is 0 Å². The summed E-state index contributed by atoms with van der Waals surface area (Å²) in [5, 5.41) is 10.6. The van der Waals surface area contributed by atoms with Gasteiger partial charge in [-0.25, -0.2) is 9.97 Å². The molecule has 0 saturated carbocycles. The van der Waals surface area contributed by atoms with Crippen LogP contribution in [0.25, 0.3) is 11.0 Å². The third-order valence-corrected chi connectivity index (χ3v) is 3.09. The molecule has 0 bridgehead atoms. The summed E-state index contributed by atoms with van der Waals surface area (Å²) in [6.07, 6.45) is 3.57. The number of aliphatic hydroxyl groups is 1. The molecule has 0 spiro atoms. The normalized spacial score (nSPS) is 12.9. The van der Waals surface area contributed by atoms with E-state index in [0.29, 0.717) is 10.8 Å². The molecule has 2 aromatic heterocycles. The molecule has 0 aromatic carbocycles. The maximum Gasteiger partial charge on any atom is 0.252 e.